The zero-order chi connectivity index (χ0) is 12.5. The molecule has 0 amide bonds. The van der Waals surface area contributed by atoms with Gasteiger partial charge in [0, 0.05) is 7.05 Å². The van der Waals surface area contributed by atoms with Gasteiger partial charge >= 0.3 is 0 Å². The predicted octanol–water partition coefficient (Wildman–Crippen LogP) is 1.28. The van der Waals surface area contributed by atoms with E-state index < -0.39 is 0 Å². The van der Waals surface area contributed by atoms with Crippen LogP contribution in [-0.2, 0) is 13.5 Å². The monoisotopic (exact) mass is 238 g/mol. The number of rotatable bonds is 5. The van der Waals surface area contributed by atoms with Gasteiger partial charge in [-0.05, 0) is 25.7 Å². The maximum Gasteiger partial charge on any atom is 0.148 e. The van der Waals surface area contributed by atoms with Crippen molar-refractivity contribution in [2.24, 2.45) is 7.05 Å². The lowest BCUT2D eigenvalue weighted by atomic mass is 9.77. The summed E-state index contributed by atoms with van der Waals surface area (Å²) in [5, 5.41) is 17.3. The molecule has 0 aliphatic heterocycles. The SMILES string of the molecule is CCCc1nn(C)c(NC2(CO)CCC2)c1N. The Morgan fingerprint density at radius 2 is 2.24 bits per heavy atom. The Bertz CT molecular complexity index is 390. The molecule has 17 heavy (non-hydrogen) atoms. The first-order valence-corrected chi connectivity index (χ1v) is 6.32. The highest BCUT2D eigenvalue weighted by molar-refractivity contribution is 5.66. The minimum Gasteiger partial charge on any atom is -0.394 e. The quantitative estimate of drug-likeness (QED) is 0.722. The van der Waals surface area contributed by atoms with Crippen LogP contribution in [-0.4, -0.2) is 27.0 Å². The minimum atomic E-state index is -0.175. The lowest BCUT2D eigenvalue weighted by Gasteiger charge is -2.41. The summed E-state index contributed by atoms with van der Waals surface area (Å²) < 4.78 is 1.79. The first kappa shape index (κ1) is 12.2. The van der Waals surface area contributed by atoms with E-state index in [-0.39, 0.29) is 12.1 Å². The molecule has 2 rings (SSSR count). The van der Waals surface area contributed by atoms with Crippen molar-refractivity contribution >= 4 is 11.5 Å². The third-order valence-corrected chi connectivity index (χ3v) is 3.64. The highest BCUT2D eigenvalue weighted by atomic mass is 16.3. The van der Waals surface area contributed by atoms with Gasteiger partial charge in [-0.15, -0.1) is 0 Å². The van der Waals surface area contributed by atoms with Gasteiger partial charge in [0.25, 0.3) is 0 Å². The fourth-order valence-corrected chi connectivity index (χ4v) is 2.34. The molecule has 4 N–H and O–H groups in total. The molecule has 96 valence electrons. The summed E-state index contributed by atoms with van der Waals surface area (Å²) in [5.41, 5.74) is 7.61. The van der Waals surface area contributed by atoms with Crippen molar-refractivity contribution in [3.63, 3.8) is 0 Å². The summed E-state index contributed by atoms with van der Waals surface area (Å²) in [5.74, 6) is 0.849. The number of aryl methyl sites for hydroxylation is 2. The Hall–Kier alpha value is -1.23. The van der Waals surface area contributed by atoms with Crippen molar-refractivity contribution < 1.29 is 5.11 Å². The summed E-state index contributed by atoms with van der Waals surface area (Å²) in [4.78, 5) is 0. The molecule has 0 bridgehead atoms. The Morgan fingerprint density at radius 3 is 2.71 bits per heavy atom. The van der Waals surface area contributed by atoms with E-state index in [0.29, 0.717) is 0 Å². The molecule has 1 fully saturated rings. The number of aromatic nitrogens is 2. The standard InChI is InChI=1S/C12H22N4O/c1-3-5-9-10(13)11(16(2)15-9)14-12(8-17)6-4-7-12/h14,17H,3-8,13H2,1-2H3. The first-order valence-electron chi connectivity index (χ1n) is 6.32. The Kier molecular flexibility index (Phi) is 3.28. The van der Waals surface area contributed by atoms with Crippen LogP contribution in [0.5, 0.6) is 0 Å². The molecule has 0 saturated heterocycles. The third-order valence-electron chi connectivity index (χ3n) is 3.64. The Labute approximate surface area is 102 Å². The smallest absolute Gasteiger partial charge is 0.148 e. The van der Waals surface area contributed by atoms with E-state index in [1.807, 2.05) is 7.05 Å². The molecule has 1 aliphatic carbocycles. The molecule has 1 aliphatic rings. The summed E-state index contributed by atoms with van der Waals surface area (Å²) >= 11 is 0. The number of hydrogen-bond acceptors (Lipinski definition) is 4. The summed E-state index contributed by atoms with van der Waals surface area (Å²) in [6.45, 7) is 2.27. The zero-order valence-electron chi connectivity index (χ0n) is 10.7. The van der Waals surface area contributed by atoms with Gasteiger partial charge in [0.05, 0.1) is 23.5 Å². The predicted molar refractivity (Wildman–Crippen MR) is 68.9 cm³/mol. The van der Waals surface area contributed by atoms with Crippen molar-refractivity contribution in [1.29, 1.82) is 0 Å². The summed E-state index contributed by atoms with van der Waals surface area (Å²) in [6, 6.07) is 0. The van der Waals surface area contributed by atoms with Crippen LogP contribution in [0.4, 0.5) is 11.5 Å². The van der Waals surface area contributed by atoms with E-state index in [0.717, 1.165) is 49.3 Å². The number of anilines is 2. The van der Waals surface area contributed by atoms with E-state index in [2.05, 4.69) is 17.3 Å². The van der Waals surface area contributed by atoms with Crippen LogP contribution in [0.2, 0.25) is 0 Å². The maximum absolute atomic E-state index is 9.46. The fourth-order valence-electron chi connectivity index (χ4n) is 2.34. The molecule has 1 saturated carbocycles. The van der Waals surface area contributed by atoms with Crippen molar-refractivity contribution in [3.8, 4) is 0 Å². The van der Waals surface area contributed by atoms with E-state index >= 15 is 0 Å². The Balaban J connectivity index is 2.20. The fraction of sp³-hybridized carbons (Fsp3) is 0.750. The van der Waals surface area contributed by atoms with Gasteiger partial charge in [-0.2, -0.15) is 5.10 Å². The molecule has 0 atom stereocenters. The van der Waals surface area contributed by atoms with Gasteiger partial charge in [0.1, 0.15) is 5.82 Å². The van der Waals surface area contributed by atoms with E-state index in [1.165, 1.54) is 0 Å². The number of aliphatic hydroxyl groups excluding tert-OH is 1. The largest absolute Gasteiger partial charge is 0.394 e. The van der Waals surface area contributed by atoms with E-state index in [1.54, 1.807) is 4.68 Å². The number of nitrogens with two attached hydrogens (primary N) is 1. The van der Waals surface area contributed by atoms with E-state index in [9.17, 15) is 5.11 Å². The van der Waals surface area contributed by atoms with Crippen LogP contribution in [0.1, 0.15) is 38.3 Å². The van der Waals surface area contributed by atoms with Crippen molar-refractivity contribution in [1.82, 2.24) is 9.78 Å². The second kappa shape index (κ2) is 4.56. The molecule has 1 aromatic heterocycles. The number of nitrogens with one attached hydrogen (secondary N) is 1. The van der Waals surface area contributed by atoms with Crippen LogP contribution in [0.25, 0.3) is 0 Å². The lowest BCUT2D eigenvalue weighted by Crippen LogP contribution is -2.48. The minimum absolute atomic E-state index is 0.154. The van der Waals surface area contributed by atoms with Gasteiger partial charge in [0.15, 0.2) is 0 Å². The molecule has 0 spiro atoms. The Morgan fingerprint density at radius 1 is 1.53 bits per heavy atom. The molecule has 5 nitrogen and oxygen atoms in total. The van der Waals surface area contributed by atoms with Gasteiger partial charge in [0.2, 0.25) is 0 Å². The summed E-state index contributed by atoms with van der Waals surface area (Å²) in [7, 11) is 1.89. The molecule has 1 aromatic rings. The highest BCUT2D eigenvalue weighted by Crippen LogP contribution is 2.37. The van der Waals surface area contributed by atoms with Crippen LogP contribution in [0, 0.1) is 0 Å². The maximum atomic E-state index is 9.46. The zero-order valence-corrected chi connectivity index (χ0v) is 10.7. The number of hydrogen-bond donors (Lipinski definition) is 3. The molecule has 5 heteroatoms. The molecule has 0 radical (unpaired) electrons. The van der Waals surface area contributed by atoms with Crippen LogP contribution < -0.4 is 11.1 Å². The van der Waals surface area contributed by atoms with Crippen LogP contribution in [0.15, 0.2) is 0 Å². The molecule has 1 heterocycles. The second-order valence-electron chi connectivity index (χ2n) is 5.00. The topological polar surface area (TPSA) is 76.1 Å². The number of nitrogen functional groups attached to an aromatic ring is 1. The number of nitrogens with zero attached hydrogens (tertiary/aromatic N) is 2. The van der Waals surface area contributed by atoms with Crippen LogP contribution in [0.3, 0.4) is 0 Å². The van der Waals surface area contributed by atoms with Gasteiger partial charge in [-0.1, -0.05) is 13.3 Å². The van der Waals surface area contributed by atoms with E-state index in [4.69, 9.17) is 5.73 Å². The highest BCUT2D eigenvalue weighted by Gasteiger charge is 2.37. The average Bonchev–Trinajstić information content (AvgIpc) is 2.51. The van der Waals surface area contributed by atoms with Crippen molar-refractivity contribution in [2.75, 3.05) is 17.7 Å². The molecular formula is C12H22N4O. The van der Waals surface area contributed by atoms with Crippen molar-refractivity contribution in [3.05, 3.63) is 5.69 Å². The average molecular weight is 238 g/mol. The third kappa shape index (κ3) is 2.11. The van der Waals surface area contributed by atoms with Gasteiger partial charge in [-0.25, -0.2) is 0 Å². The number of aliphatic hydroxyl groups is 1. The van der Waals surface area contributed by atoms with Gasteiger partial charge < -0.3 is 16.2 Å². The molecular weight excluding hydrogens is 216 g/mol. The molecule has 0 aromatic carbocycles. The van der Waals surface area contributed by atoms with Crippen LogP contribution >= 0.6 is 0 Å². The summed E-state index contributed by atoms with van der Waals surface area (Å²) in [6.07, 6.45) is 5.08. The first-order chi connectivity index (χ1) is 8.12. The molecule has 0 unspecified atom stereocenters. The normalized spacial score (nSPS) is 17.8. The second-order valence-corrected chi connectivity index (χ2v) is 5.00. The van der Waals surface area contributed by atoms with Gasteiger partial charge in [-0.3, -0.25) is 4.68 Å². The lowest BCUT2D eigenvalue weighted by molar-refractivity contribution is 0.143. The van der Waals surface area contributed by atoms with Crippen molar-refractivity contribution in [2.45, 2.75) is 44.6 Å².